The van der Waals surface area contributed by atoms with Crippen LogP contribution in [-0.4, -0.2) is 19.6 Å². The lowest BCUT2D eigenvalue weighted by Crippen LogP contribution is -2.25. The van der Waals surface area contributed by atoms with Gasteiger partial charge in [-0.05, 0) is 36.6 Å². The summed E-state index contributed by atoms with van der Waals surface area (Å²) in [5.41, 5.74) is 0.768. The smallest absolute Gasteiger partial charge is 0.219 e. The first-order valence-electron chi connectivity index (χ1n) is 5.76. The lowest BCUT2D eigenvalue weighted by molar-refractivity contribution is -0.121. The average molecular weight is 239 g/mol. The molecule has 0 aliphatic heterocycles. The van der Waals surface area contributed by atoms with Gasteiger partial charge in [0.1, 0.15) is 11.6 Å². The summed E-state index contributed by atoms with van der Waals surface area (Å²) in [6.07, 6.45) is 1.92. The summed E-state index contributed by atoms with van der Waals surface area (Å²) < 4.78 is 18.2. The van der Waals surface area contributed by atoms with Gasteiger partial charge in [-0.3, -0.25) is 4.79 Å². The van der Waals surface area contributed by atoms with Crippen LogP contribution in [0.25, 0.3) is 0 Å². The molecule has 0 aliphatic rings. The Labute approximate surface area is 101 Å². The Balaban J connectivity index is 2.50. The van der Waals surface area contributed by atoms with E-state index in [-0.39, 0.29) is 11.7 Å². The van der Waals surface area contributed by atoms with Crippen molar-refractivity contribution in [1.29, 1.82) is 0 Å². The summed E-state index contributed by atoms with van der Waals surface area (Å²) in [5.74, 6) is 0.389. The summed E-state index contributed by atoms with van der Waals surface area (Å²) in [6.45, 7) is 2.45. The van der Waals surface area contributed by atoms with E-state index in [4.69, 9.17) is 4.74 Å². The van der Waals surface area contributed by atoms with E-state index in [0.29, 0.717) is 25.1 Å². The maximum absolute atomic E-state index is 13.0. The molecule has 0 saturated heterocycles. The van der Waals surface area contributed by atoms with Gasteiger partial charge in [0.05, 0.1) is 7.11 Å². The zero-order chi connectivity index (χ0) is 12.7. The summed E-state index contributed by atoms with van der Waals surface area (Å²) in [7, 11) is 1.55. The molecule has 1 aromatic carbocycles. The average Bonchev–Trinajstić information content (AvgIpc) is 2.30. The molecule has 4 heteroatoms. The summed E-state index contributed by atoms with van der Waals surface area (Å²) >= 11 is 0. The van der Waals surface area contributed by atoms with Crippen molar-refractivity contribution in [2.24, 2.45) is 0 Å². The highest BCUT2D eigenvalue weighted by molar-refractivity contribution is 5.75. The summed E-state index contributed by atoms with van der Waals surface area (Å²) in [6, 6.07) is 4.39. The molecule has 0 aromatic heterocycles. The minimum atomic E-state index is -0.291. The first-order valence-corrected chi connectivity index (χ1v) is 5.76. The SMILES string of the molecule is CCCC(=O)NCCc1cc(F)ccc1OC. The first kappa shape index (κ1) is 13.5. The number of ether oxygens (including phenoxy) is 1. The number of carbonyl (C=O) groups is 1. The van der Waals surface area contributed by atoms with Crippen LogP contribution in [0.2, 0.25) is 0 Å². The quantitative estimate of drug-likeness (QED) is 0.827. The Morgan fingerprint density at radius 1 is 1.47 bits per heavy atom. The number of carbonyl (C=O) groups excluding carboxylic acids is 1. The Morgan fingerprint density at radius 2 is 2.24 bits per heavy atom. The van der Waals surface area contributed by atoms with Crippen molar-refractivity contribution in [3.05, 3.63) is 29.6 Å². The fourth-order valence-electron chi connectivity index (χ4n) is 1.59. The van der Waals surface area contributed by atoms with E-state index in [1.54, 1.807) is 13.2 Å². The van der Waals surface area contributed by atoms with Gasteiger partial charge in [-0.1, -0.05) is 6.92 Å². The normalized spacial score (nSPS) is 10.1. The number of rotatable bonds is 6. The number of halogens is 1. The summed E-state index contributed by atoms with van der Waals surface area (Å²) in [4.78, 5) is 11.2. The fourth-order valence-corrected chi connectivity index (χ4v) is 1.59. The highest BCUT2D eigenvalue weighted by Gasteiger charge is 2.05. The number of hydrogen-bond acceptors (Lipinski definition) is 2. The molecule has 0 saturated carbocycles. The van der Waals surface area contributed by atoms with Crippen LogP contribution >= 0.6 is 0 Å². The number of benzene rings is 1. The molecule has 0 spiro atoms. The molecule has 0 bridgehead atoms. The third kappa shape index (κ3) is 4.43. The minimum Gasteiger partial charge on any atom is -0.496 e. The molecule has 17 heavy (non-hydrogen) atoms. The molecular weight excluding hydrogens is 221 g/mol. The second-order valence-corrected chi connectivity index (χ2v) is 3.81. The molecular formula is C13H18FNO2. The third-order valence-corrected chi connectivity index (χ3v) is 2.44. The predicted molar refractivity (Wildman–Crippen MR) is 64.6 cm³/mol. The topological polar surface area (TPSA) is 38.3 Å². The highest BCUT2D eigenvalue weighted by Crippen LogP contribution is 2.19. The van der Waals surface area contributed by atoms with Crippen molar-refractivity contribution >= 4 is 5.91 Å². The number of hydrogen-bond donors (Lipinski definition) is 1. The Kier molecular flexibility index (Phi) is 5.46. The van der Waals surface area contributed by atoms with E-state index < -0.39 is 0 Å². The van der Waals surface area contributed by atoms with Crippen LogP contribution in [0.5, 0.6) is 5.75 Å². The second-order valence-electron chi connectivity index (χ2n) is 3.81. The van der Waals surface area contributed by atoms with Crippen LogP contribution in [0.1, 0.15) is 25.3 Å². The molecule has 0 fully saturated rings. The van der Waals surface area contributed by atoms with Gasteiger partial charge in [-0.15, -0.1) is 0 Å². The van der Waals surface area contributed by atoms with Gasteiger partial charge in [-0.25, -0.2) is 4.39 Å². The van der Waals surface area contributed by atoms with E-state index in [2.05, 4.69) is 5.32 Å². The largest absolute Gasteiger partial charge is 0.496 e. The maximum Gasteiger partial charge on any atom is 0.219 e. The van der Waals surface area contributed by atoms with Gasteiger partial charge in [-0.2, -0.15) is 0 Å². The Bertz CT molecular complexity index is 380. The lowest BCUT2D eigenvalue weighted by Gasteiger charge is -2.09. The number of amides is 1. The van der Waals surface area contributed by atoms with Gasteiger partial charge in [0.2, 0.25) is 5.91 Å². The van der Waals surface area contributed by atoms with Crippen LogP contribution in [0, 0.1) is 5.82 Å². The molecule has 94 valence electrons. The molecule has 1 rings (SSSR count). The lowest BCUT2D eigenvalue weighted by atomic mass is 10.1. The van der Waals surface area contributed by atoms with Gasteiger partial charge in [0.15, 0.2) is 0 Å². The van der Waals surface area contributed by atoms with Crippen molar-refractivity contribution in [1.82, 2.24) is 5.32 Å². The van der Waals surface area contributed by atoms with Crippen LogP contribution in [0.3, 0.4) is 0 Å². The van der Waals surface area contributed by atoms with E-state index in [0.717, 1.165) is 12.0 Å². The number of nitrogens with one attached hydrogen (secondary N) is 1. The van der Waals surface area contributed by atoms with Gasteiger partial charge >= 0.3 is 0 Å². The van der Waals surface area contributed by atoms with Crippen LogP contribution in [0.4, 0.5) is 4.39 Å². The fraction of sp³-hybridized carbons (Fsp3) is 0.462. The first-order chi connectivity index (χ1) is 8.17. The van der Waals surface area contributed by atoms with Crippen LogP contribution < -0.4 is 10.1 Å². The monoisotopic (exact) mass is 239 g/mol. The van der Waals surface area contributed by atoms with E-state index >= 15 is 0 Å². The summed E-state index contributed by atoms with van der Waals surface area (Å²) in [5, 5.41) is 2.79. The Morgan fingerprint density at radius 3 is 2.88 bits per heavy atom. The van der Waals surface area contributed by atoms with Gasteiger partial charge in [0, 0.05) is 13.0 Å². The highest BCUT2D eigenvalue weighted by atomic mass is 19.1. The standard InChI is InChI=1S/C13H18FNO2/c1-3-4-13(16)15-8-7-10-9-11(14)5-6-12(10)17-2/h5-6,9H,3-4,7-8H2,1-2H3,(H,15,16). The van der Waals surface area contributed by atoms with Crippen molar-refractivity contribution < 1.29 is 13.9 Å². The van der Waals surface area contributed by atoms with Crippen molar-refractivity contribution in [3.8, 4) is 5.75 Å². The van der Waals surface area contributed by atoms with Crippen molar-refractivity contribution in [2.75, 3.05) is 13.7 Å². The van der Waals surface area contributed by atoms with Gasteiger partial charge < -0.3 is 10.1 Å². The third-order valence-electron chi connectivity index (χ3n) is 2.44. The zero-order valence-corrected chi connectivity index (χ0v) is 10.3. The molecule has 0 aliphatic carbocycles. The van der Waals surface area contributed by atoms with Crippen molar-refractivity contribution in [3.63, 3.8) is 0 Å². The van der Waals surface area contributed by atoms with E-state index in [1.807, 2.05) is 6.92 Å². The maximum atomic E-state index is 13.0. The molecule has 0 radical (unpaired) electrons. The van der Waals surface area contributed by atoms with Crippen LogP contribution in [-0.2, 0) is 11.2 Å². The van der Waals surface area contributed by atoms with Crippen molar-refractivity contribution in [2.45, 2.75) is 26.2 Å². The molecule has 0 atom stereocenters. The molecule has 1 amide bonds. The second kappa shape index (κ2) is 6.89. The van der Waals surface area contributed by atoms with Gasteiger partial charge in [0.25, 0.3) is 0 Å². The van der Waals surface area contributed by atoms with Crippen LogP contribution in [0.15, 0.2) is 18.2 Å². The molecule has 0 heterocycles. The van der Waals surface area contributed by atoms with E-state index in [1.165, 1.54) is 12.1 Å². The molecule has 0 unspecified atom stereocenters. The van der Waals surface area contributed by atoms with E-state index in [9.17, 15) is 9.18 Å². The Hall–Kier alpha value is -1.58. The zero-order valence-electron chi connectivity index (χ0n) is 10.3. The molecule has 1 N–H and O–H groups in total. The molecule has 1 aromatic rings. The number of methoxy groups -OCH3 is 1. The minimum absolute atomic E-state index is 0.0304. The molecule has 3 nitrogen and oxygen atoms in total. The predicted octanol–water partition coefficient (Wildman–Crippen LogP) is 2.29.